The molecule has 0 unspecified atom stereocenters. The predicted molar refractivity (Wildman–Crippen MR) is 95.5 cm³/mol. The summed E-state index contributed by atoms with van der Waals surface area (Å²) in [4.78, 5) is 15.7. The van der Waals surface area contributed by atoms with Crippen LogP contribution in [0.3, 0.4) is 0 Å². The van der Waals surface area contributed by atoms with Crippen LogP contribution >= 0.6 is 11.3 Å². The number of carbonyl (C=O) groups is 1. The number of hydrogen-bond donors (Lipinski definition) is 1. The van der Waals surface area contributed by atoms with Crippen LogP contribution in [-0.2, 0) is 24.2 Å². The summed E-state index contributed by atoms with van der Waals surface area (Å²) >= 11 is 1.51. The minimum absolute atomic E-state index is 0.295. The number of carbonyl (C=O) groups excluding carboxylic acids is 1. The van der Waals surface area contributed by atoms with E-state index in [1.54, 1.807) is 7.11 Å². The normalized spacial score (nSPS) is 14.2. The monoisotopic (exact) mass is 346 g/mol. The van der Waals surface area contributed by atoms with Gasteiger partial charge in [-0.25, -0.2) is 4.79 Å². The molecule has 128 valence electrons. The highest BCUT2D eigenvalue weighted by molar-refractivity contribution is 7.16. The van der Waals surface area contributed by atoms with E-state index in [4.69, 9.17) is 15.2 Å². The van der Waals surface area contributed by atoms with E-state index in [0.717, 1.165) is 37.4 Å². The first-order chi connectivity index (χ1) is 11.6. The third-order valence-corrected chi connectivity index (χ3v) is 5.25. The molecule has 2 aromatic rings. The number of fused-ring (bicyclic) bond motifs is 1. The summed E-state index contributed by atoms with van der Waals surface area (Å²) < 4.78 is 10.3. The number of nitrogens with two attached hydrogens (primary N) is 1. The number of thiophene rings is 1. The smallest absolute Gasteiger partial charge is 0.341 e. The number of benzene rings is 1. The van der Waals surface area contributed by atoms with Crippen LogP contribution in [0, 0.1) is 0 Å². The van der Waals surface area contributed by atoms with Crippen LogP contribution in [0.15, 0.2) is 24.3 Å². The van der Waals surface area contributed by atoms with Gasteiger partial charge in [-0.1, -0.05) is 12.1 Å². The van der Waals surface area contributed by atoms with Gasteiger partial charge >= 0.3 is 5.97 Å². The zero-order valence-electron chi connectivity index (χ0n) is 14.0. The van der Waals surface area contributed by atoms with Crippen LogP contribution in [0.25, 0.3) is 0 Å². The fourth-order valence-electron chi connectivity index (χ4n) is 3.03. The Labute approximate surface area is 146 Å². The summed E-state index contributed by atoms with van der Waals surface area (Å²) in [6.45, 7) is 4.77. The second kappa shape index (κ2) is 7.23. The van der Waals surface area contributed by atoms with Gasteiger partial charge in [0.15, 0.2) is 0 Å². The summed E-state index contributed by atoms with van der Waals surface area (Å²) in [5.41, 5.74) is 8.97. The average Bonchev–Trinajstić information content (AvgIpc) is 2.91. The molecule has 1 aliphatic rings. The lowest BCUT2D eigenvalue weighted by atomic mass is 10.0. The highest BCUT2D eigenvalue weighted by Gasteiger charge is 2.27. The molecular weight excluding hydrogens is 324 g/mol. The number of nitrogens with zero attached hydrogens (tertiary/aromatic N) is 1. The van der Waals surface area contributed by atoms with Crippen LogP contribution in [0.5, 0.6) is 5.75 Å². The summed E-state index contributed by atoms with van der Waals surface area (Å²) in [6.07, 6.45) is 0.827. The highest BCUT2D eigenvalue weighted by Crippen LogP contribution is 2.36. The number of anilines is 1. The molecule has 0 fully saturated rings. The molecule has 2 N–H and O–H groups in total. The quantitative estimate of drug-likeness (QED) is 0.843. The van der Waals surface area contributed by atoms with Crippen molar-refractivity contribution in [2.75, 3.05) is 26.0 Å². The molecule has 2 heterocycles. The Kier molecular flexibility index (Phi) is 5.06. The van der Waals surface area contributed by atoms with Gasteiger partial charge in [0, 0.05) is 24.5 Å². The SMILES string of the molecule is CCOC(=O)c1c(N)sc2c1CCN(Cc1ccc(OC)cc1)C2. The zero-order chi connectivity index (χ0) is 17.1. The standard InChI is InChI=1S/C18H22N2O3S/c1-3-23-18(21)16-14-8-9-20(11-15(14)24-17(16)19)10-12-4-6-13(22-2)7-5-12/h4-7H,3,8-11,19H2,1-2H3. The first kappa shape index (κ1) is 16.8. The van der Waals surface area contributed by atoms with Gasteiger partial charge < -0.3 is 15.2 Å². The van der Waals surface area contributed by atoms with Gasteiger partial charge in [-0.05, 0) is 36.6 Å². The molecule has 5 nitrogen and oxygen atoms in total. The number of esters is 1. The van der Waals surface area contributed by atoms with Crippen molar-refractivity contribution >= 4 is 22.3 Å². The lowest BCUT2D eigenvalue weighted by molar-refractivity contribution is 0.0526. The summed E-state index contributed by atoms with van der Waals surface area (Å²) in [5.74, 6) is 0.570. The molecule has 0 aliphatic carbocycles. The largest absolute Gasteiger partial charge is 0.497 e. The molecule has 0 radical (unpaired) electrons. The van der Waals surface area contributed by atoms with Crippen molar-refractivity contribution in [1.82, 2.24) is 4.90 Å². The van der Waals surface area contributed by atoms with Crippen LogP contribution < -0.4 is 10.5 Å². The fourth-order valence-corrected chi connectivity index (χ4v) is 4.18. The Morgan fingerprint density at radius 3 is 2.75 bits per heavy atom. The molecule has 6 heteroatoms. The Balaban J connectivity index is 1.72. The van der Waals surface area contributed by atoms with Gasteiger partial charge in [0.05, 0.1) is 19.3 Å². The van der Waals surface area contributed by atoms with Gasteiger partial charge in [0.2, 0.25) is 0 Å². The summed E-state index contributed by atoms with van der Waals surface area (Å²) in [6, 6.07) is 8.13. The Morgan fingerprint density at radius 2 is 2.08 bits per heavy atom. The average molecular weight is 346 g/mol. The van der Waals surface area contributed by atoms with E-state index in [-0.39, 0.29) is 5.97 Å². The van der Waals surface area contributed by atoms with E-state index in [1.165, 1.54) is 21.8 Å². The van der Waals surface area contributed by atoms with Crippen molar-refractivity contribution in [2.45, 2.75) is 26.4 Å². The molecule has 1 aliphatic heterocycles. The predicted octanol–water partition coefficient (Wildman–Crippen LogP) is 3.07. The van der Waals surface area contributed by atoms with Crippen molar-refractivity contribution in [1.29, 1.82) is 0 Å². The molecule has 0 saturated carbocycles. The third kappa shape index (κ3) is 3.39. The molecule has 0 atom stereocenters. The zero-order valence-corrected chi connectivity index (χ0v) is 14.8. The van der Waals surface area contributed by atoms with E-state index in [2.05, 4.69) is 17.0 Å². The van der Waals surface area contributed by atoms with E-state index >= 15 is 0 Å². The first-order valence-electron chi connectivity index (χ1n) is 8.04. The minimum Gasteiger partial charge on any atom is -0.497 e. The highest BCUT2D eigenvalue weighted by atomic mass is 32.1. The van der Waals surface area contributed by atoms with Gasteiger partial charge in [-0.2, -0.15) is 0 Å². The molecule has 1 aromatic heterocycles. The van der Waals surface area contributed by atoms with Crippen LogP contribution in [0.2, 0.25) is 0 Å². The number of methoxy groups -OCH3 is 1. The maximum absolute atomic E-state index is 12.1. The first-order valence-corrected chi connectivity index (χ1v) is 8.86. The van der Waals surface area contributed by atoms with E-state index in [1.807, 2.05) is 19.1 Å². The van der Waals surface area contributed by atoms with E-state index < -0.39 is 0 Å². The number of rotatable bonds is 5. The lowest BCUT2D eigenvalue weighted by Gasteiger charge is -2.27. The van der Waals surface area contributed by atoms with Crippen molar-refractivity contribution in [2.24, 2.45) is 0 Å². The van der Waals surface area contributed by atoms with Gasteiger partial charge in [0.25, 0.3) is 0 Å². The Hall–Kier alpha value is -2.05. The lowest BCUT2D eigenvalue weighted by Crippen LogP contribution is -2.29. The molecule has 1 aromatic carbocycles. The number of ether oxygens (including phenoxy) is 2. The topological polar surface area (TPSA) is 64.8 Å². The molecule has 0 amide bonds. The molecule has 3 rings (SSSR count). The number of hydrogen-bond acceptors (Lipinski definition) is 6. The summed E-state index contributed by atoms with van der Waals surface area (Å²) in [7, 11) is 1.67. The fraction of sp³-hybridized carbons (Fsp3) is 0.389. The van der Waals surface area contributed by atoms with Gasteiger partial charge in [-0.15, -0.1) is 11.3 Å². The minimum atomic E-state index is -0.295. The molecule has 0 saturated heterocycles. The van der Waals surface area contributed by atoms with Crippen LogP contribution in [0.1, 0.15) is 33.3 Å². The number of nitrogen functional groups attached to an aromatic ring is 1. The van der Waals surface area contributed by atoms with E-state index in [0.29, 0.717) is 17.2 Å². The summed E-state index contributed by atoms with van der Waals surface area (Å²) in [5, 5.41) is 0.574. The molecule has 0 bridgehead atoms. The van der Waals surface area contributed by atoms with E-state index in [9.17, 15) is 4.79 Å². The third-order valence-electron chi connectivity index (χ3n) is 4.21. The van der Waals surface area contributed by atoms with Crippen LogP contribution in [-0.4, -0.2) is 31.1 Å². The van der Waals surface area contributed by atoms with Crippen molar-refractivity contribution < 1.29 is 14.3 Å². The van der Waals surface area contributed by atoms with Crippen molar-refractivity contribution in [3.05, 3.63) is 45.8 Å². The maximum Gasteiger partial charge on any atom is 0.341 e. The molecule has 24 heavy (non-hydrogen) atoms. The van der Waals surface area contributed by atoms with Crippen molar-refractivity contribution in [3.8, 4) is 5.75 Å². The maximum atomic E-state index is 12.1. The Bertz CT molecular complexity index is 725. The van der Waals surface area contributed by atoms with Gasteiger partial charge in [0.1, 0.15) is 10.8 Å². The Morgan fingerprint density at radius 1 is 1.33 bits per heavy atom. The second-order valence-corrected chi connectivity index (χ2v) is 6.91. The van der Waals surface area contributed by atoms with Crippen molar-refractivity contribution in [3.63, 3.8) is 0 Å². The van der Waals surface area contributed by atoms with Crippen LogP contribution in [0.4, 0.5) is 5.00 Å². The molecule has 0 spiro atoms. The molecular formula is C18H22N2O3S. The van der Waals surface area contributed by atoms with Gasteiger partial charge in [-0.3, -0.25) is 4.90 Å². The second-order valence-electron chi connectivity index (χ2n) is 5.77.